The van der Waals surface area contributed by atoms with E-state index in [0.717, 1.165) is 109 Å². The minimum absolute atomic E-state index is 0.0351. The molecule has 0 rings (SSSR count). The van der Waals surface area contributed by atoms with Gasteiger partial charge in [-0.3, -0.25) is 14.2 Å². The van der Waals surface area contributed by atoms with Gasteiger partial charge >= 0.3 is 11.9 Å². The number of phosphoric ester groups is 1. The van der Waals surface area contributed by atoms with E-state index in [9.17, 15) is 19.0 Å². The molecule has 10 heteroatoms. The van der Waals surface area contributed by atoms with Crippen LogP contribution in [-0.4, -0.2) is 70.0 Å². The fraction of sp³-hybridized carbons (Fsp3) is 0.721. The highest BCUT2D eigenvalue weighted by Gasteiger charge is 2.22. The Morgan fingerprint density at radius 3 is 0.885 bits per heavy atom. The molecule has 552 valence electrons. The van der Waals surface area contributed by atoms with E-state index in [-0.39, 0.29) is 32.0 Å². The molecular weight excluding hydrogens is 1210 g/mol. The molecule has 0 spiro atoms. The van der Waals surface area contributed by atoms with Crippen molar-refractivity contribution in [1.29, 1.82) is 0 Å². The zero-order valence-corrected chi connectivity index (χ0v) is 63.9. The lowest BCUT2D eigenvalue weighted by molar-refractivity contribution is -0.870. The molecule has 0 bridgehead atoms. The van der Waals surface area contributed by atoms with Gasteiger partial charge in [-0.1, -0.05) is 353 Å². The Morgan fingerprint density at radius 1 is 0.333 bits per heavy atom. The van der Waals surface area contributed by atoms with Gasteiger partial charge in [0, 0.05) is 12.8 Å². The third-order valence-corrected chi connectivity index (χ3v) is 18.1. The predicted octanol–water partition coefficient (Wildman–Crippen LogP) is 26.1. The van der Waals surface area contributed by atoms with E-state index in [1.54, 1.807) is 0 Å². The maximum Gasteiger partial charge on any atom is 0.306 e. The summed E-state index contributed by atoms with van der Waals surface area (Å²) in [6.45, 7) is 4.14. The summed E-state index contributed by atoms with van der Waals surface area (Å²) in [5.74, 6) is -0.829. The lowest BCUT2D eigenvalue weighted by atomic mass is 10.0. The molecule has 0 amide bonds. The Kier molecular flexibility index (Phi) is 72.3. The first-order valence-corrected chi connectivity index (χ1v) is 41.4. The van der Waals surface area contributed by atoms with Crippen molar-refractivity contribution in [1.82, 2.24) is 0 Å². The van der Waals surface area contributed by atoms with Crippen LogP contribution in [0, 0.1) is 0 Å². The molecule has 2 atom stereocenters. The van der Waals surface area contributed by atoms with Crippen LogP contribution in [0.5, 0.6) is 0 Å². The summed E-state index contributed by atoms with van der Waals surface area (Å²) in [5, 5.41) is 0. The number of unbranched alkanes of at least 4 members (excludes halogenated alkanes) is 37. The molecular formula is C86H150NO8P. The Hall–Kier alpha value is -3.85. The van der Waals surface area contributed by atoms with Crippen LogP contribution in [0.1, 0.15) is 348 Å². The van der Waals surface area contributed by atoms with Crippen molar-refractivity contribution < 1.29 is 42.1 Å². The second kappa shape index (κ2) is 75.4. The van der Waals surface area contributed by atoms with Crippen LogP contribution in [0.4, 0.5) is 0 Å². The number of allylic oxidation sites excluding steroid dienone is 22. The van der Waals surface area contributed by atoms with Crippen LogP contribution in [0.2, 0.25) is 0 Å². The normalized spacial score (nSPS) is 13.8. The SMILES string of the molecule is CC/C=C\C/C=C\C/C=C\C/C=C\C/C=C\C/C=C\C/C=C\C/C=C\C/C=C\CCCCCCCCCCCCCC(=O)OC(COC(=O)CCCCCCCCCCCCCCCCCCCCCCC/C=C\C/C=C\CCCCCCC)COP(=O)([O-])OCC[N+](C)(C)C. The summed E-state index contributed by atoms with van der Waals surface area (Å²) in [7, 11) is 1.16. The minimum Gasteiger partial charge on any atom is -0.756 e. The molecule has 9 nitrogen and oxygen atoms in total. The smallest absolute Gasteiger partial charge is 0.306 e. The molecule has 0 aromatic carbocycles. The van der Waals surface area contributed by atoms with Crippen LogP contribution in [-0.2, 0) is 32.7 Å². The van der Waals surface area contributed by atoms with Crippen molar-refractivity contribution in [3.05, 3.63) is 134 Å². The summed E-state index contributed by atoms with van der Waals surface area (Å²) in [6.07, 6.45) is 110. The van der Waals surface area contributed by atoms with Crippen molar-refractivity contribution in [2.45, 2.75) is 354 Å². The first-order chi connectivity index (χ1) is 47.0. The number of carbonyl (C=O) groups is 2. The number of ether oxygens (including phenoxy) is 2. The zero-order chi connectivity index (χ0) is 69.7. The first kappa shape index (κ1) is 92.2. The van der Waals surface area contributed by atoms with Gasteiger partial charge in [-0.25, -0.2) is 0 Å². The highest BCUT2D eigenvalue weighted by Crippen LogP contribution is 2.38. The summed E-state index contributed by atoms with van der Waals surface area (Å²) >= 11 is 0. The lowest BCUT2D eigenvalue weighted by Crippen LogP contribution is -2.37. The Labute approximate surface area is 593 Å². The average Bonchev–Trinajstić information content (AvgIpc) is 1.98. The summed E-state index contributed by atoms with van der Waals surface area (Å²) in [4.78, 5) is 38.2. The largest absolute Gasteiger partial charge is 0.756 e. The van der Waals surface area contributed by atoms with E-state index in [1.165, 1.54) is 205 Å². The Bertz CT molecular complexity index is 2090. The number of esters is 2. The molecule has 0 saturated carbocycles. The number of hydrogen-bond acceptors (Lipinski definition) is 8. The number of hydrogen-bond donors (Lipinski definition) is 0. The third-order valence-electron chi connectivity index (χ3n) is 17.2. The van der Waals surface area contributed by atoms with Gasteiger partial charge in [-0.05, 0) is 116 Å². The van der Waals surface area contributed by atoms with Crippen LogP contribution in [0.25, 0.3) is 0 Å². The molecule has 0 radical (unpaired) electrons. The third kappa shape index (κ3) is 79.1. The van der Waals surface area contributed by atoms with Crippen molar-refractivity contribution in [3.8, 4) is 0 Å². The van der Waals surface area contributed by atoms with Crippen LogP contribution in [0.3, 0.4) is 0 Å². The van der Waals surface area contributed by atoms with Crippen molar-refractivity contribution in [2.24, 2.45) is 0 Å². The maximum absolute atomic E-state index is 12.9. The molecule has 2 unspecified atom stereocenters. The lowest BCUT2D eigenvalue weighted by Gasteiger charge is -2.28. The first-order valence-electron chi connectivity index (χ1n) is 39.9. The van der Waals surface area contributed by atoms with Crippen LogP contribution < -0.4 is 4.89 Å². The van der Waals surface area contributed by atoms with Gasteiger partial charge in [0.25, 0.3) is 7.82 Å². The number of rotatable bonds is 73. The molecule has 0 aromatic rings. The second-order valence-corrected chi connectivity index (χ2v) is 29.1. The summed E-state index contributed by atoms with van der Waals surface area (Å²) in [6, 6.07) is 0. The standard InChI is InChI=1S/C86H150NO8P/c1-6-8-10-12-14-16-18-20-22-24-26-28-30-32-34-36-38-40-41-42-43-44-45-47-49-51-53-55-57-59-61-63-65-67-69-71-73-75-77-79-86(89)95-84(83-94-96(90,91)93-81-80-87(3,4)5)82-92-85(88)78-76-74-72-70-68-66-64-62-60-58-56-54-52-50-48-46-39-37-35-33-31-29-27-25-23-21-19-17-15-13-11-9-7-2/h8,10,14,16,19-22,25-28,32,34,38,40,42-43,45,47,51,53,84H,6-7,9,11-13,15,17-18,23-24,29-31,33,35-37,39,41,44,46,48-50,52,54-83H2,1-5H3/b10-8-,16-14-,21-19-,22-20-,27-25-,28-26-,34-32-,40-38-,43-42-,47-45-,53-51-. The number of likely N-dealkylation sites (N-methyl/N-ethyl adjacent to an activating group) is 1. The molecule has 0 aliphatic rings. The van der Waals surface area contributed by atoms with Gasteiger partial charge in [-0.15, -0.1) is 0 Å². The van der Waals surface area contributed by atoms with Crippen LogP contribution >= 0.6 is 7.82 Å². The zero-order valence-electron chi connectivity index (χ0n) is 63.0. The van der Waals surface area contributed by atoms with E-state index in [4.69, 9.17) is 18.5 Å². The number of phosphoric acid groups is 1. The van der Waals surface area contributed by atoms with Gasteiger partial charge in [0.15, 0.2) is 6.10 Å². The number of nitrogens with zero attached hydrogens (tertiary/aromatic N) is 1. The van der Waals surface area contributed by atoms with Gasteiger partial charge < -0.3 is 27.9 Å². The van der Waals surface area contributed by atoms with Gasteiger partial charge in [-0.2, -0.15) is 0 Å². The fourth-order valence-electron chi connectivity index (χ4n) is 11.1. The number of carbonyl (C=O) groups excluding carboxylic acids is 2. The minimum atomic E-state index is -4.65. The second-order valence-electron chi connectivity index (χ2n) is 27.7. The molecule has 0 N–H and O–H groups in total. The Morgan fingerprint density at radius 2 is 0.594 bits per heavy atom. The summed E-state index contributed by atoms with van der Waals surface area (Å²) < 4.78 is 34.4. The molecule has 0 heterocycles. The number of quaternary nitrogens is 1. The highest BCUT2D eigenvalue weighted by molar-refractivity contribution is 7.45. The van der Waals surface area contributed by atoms with E-state index in [0.29, 0.717) is 17.4 Å². The highest BCUT2D eigenvalue weighted by atomic mass is 31.2. The maximum atomic E-state index is 12.9. The predicted molar refractivity (Wildman–Crippen MR) is 415 cm³/mol. The molecule has 0 aliphatic carbocycles. The van der Waals surface area contributed by atoms with E-state index in [2.05, 4.69) is 148 Å². The average molecular weight is 1360 g/mol. The van der Waals surface area contributed by atoms with Crippen molar-refractivity contribution in [2.75, 3.05) is 47.5 Å². The van der Waals surface area contributed by atoms with Gasteiger partial charge in [0.1, 0.15) is 19.8 Å². The van der Waals surface area contributed by atoms with E-state index >= 15 is 0 Å². The van der Waals surface area contributed by atoms with E-state index in [1.807, 2.05) is 21.1 Å². The van der Waals surface area contributed by atoms with Crippen molar-refractivity contribution in [3.63, 3.8) is 0 Å². The fourth-order valence-corrected chi connectivity index (χ4v) is 11.8. The Balaban J connectivity index is 4.01. The van der Waals surface area contributed by atoms with E-state index < -0.39 is 26.5 Å². The quantitative estimate of drug-likeness (QED) is 0.0195. The topological polar surface area (TPSA) is 111 Å². The van der Waals surface area contributed by atoms with Crippen molar-refractivity contribution >= 4 is 19.8 Å². The van der Waals surface area contributed by atoms with Gasteiger partial charge in [0.2, 0.25) is 0 Å². The summed E-state index contributed by atoms with van der Waals surface area (Å²) in [5.41, 5.74) is 0. The van der Waals surface area contributed by atoms with Gasteiger partial charge in [0.05, 0.1) is 27.7 Å². The van der Waals surface area contributed by atoms with Crippen LogP contribution in [0.15, 0.2) is 134 Å². The molecule has 0 fully saturated rings. The molecule has 0 saturated heterocycles. The molecule has 96 heavy (non-hydrogen) atoms. The molecule has 0 aliphatic heterocycles. The molecule has 0 aromatic heterocycles. The monoisotopic (exact) mass is 1360 g/mol.